The Morgan fingerprint density at radius 2 is 1.93 bits per heavy atom. The first kappa shape index (κ1) is 10.6. The Balaban J connectivity index is 2.32. The van der Waals surface area contributed by atoms with Crippen molar-refractivity contribution in [2.24, 2.45) is 0 Å². The van der Waals surface area contributed by atoms with Crippen LogP contribution >= 0.6 is 38.5 Å². The Morgan fingerprint density at radius 3 is 2.43 bits per heavy atom. The van der Waals surface area contributed by atoms with Crippen LogP contribution in [0.25, 0.3) is 0 Å². The summed E-state index contributed by atoms with van der Waals surface area (Å²) < 4.78 is 8.27. The van der Waals surface area contributed by atoms with Gasteiger partial charge in [0.1, 0.15) is 6.10 Å². The summed E-state index contributed by atoms with van der Waals surface area (Å²) in [6, 6.07) is 10.3. The van der Waals surface area contributed by atoms with Crippen LogP contribution in [0.4, 0.5) is 0 Å². The monoisotopic (exact) mass is 364 g/mol. The lowest BCUT2D eigenvalue weighted by Crippen LogP contribution is -2.03. The van der Waals surface area contributed by atoms with Crippen molar-refractivity contribution in [3.63, 3.8) is 0 Å². The molecule has 0 amide bonds. The standard InChI is InChI=1S/C11H10BrIO/c1-7-10(13)9(12)11(14-7)8-5-3-2-4-6-8/h2-7,11H,1H3. The van der Waals surface area contributed by atoms with Crippen molar-refractivity contribution in [3.05, 3.63) is 44.0 Å². The zero-order valence-corrected chi connectivity index (χ0v) is 11.4. The van der Waals surface area contributed by atoms with E-state index in [9.17, 15) is 0 Å². The average molecular weight is 365 g/mol. The fourth-order valence-electron chi connectivity index (χ4n) is 1.50. The topological polar surface area (TPSA) is 9.23 Å². The van der Waals surface area contributed by atoms with Crippen LogP contribution in [0.2, 0.25) is 0 Å². The highest BCUT2D eigenvalue weighted by Crippen LogP contribution is 2.43. The second kappa shape index (κ2) is 4.33. The van der Waals surface area contributed by atoms with Crippen molar-refractivity contribution in [3.8, 4) is 0 Å². The van der Waals surface area contributed by atoms with Crippen molar-refractivity contribution in [2.75, 3.05) is 0 Å². The van der Waals surface area contributed by atoms with Gasteiger partial charge in [-0.1, -0.05) is 46.3 Å². The van der Waals surface area contributed by atoms with Crippen LogP contribution in [-0.2, 0) is 4.74 Å². The molecule has 1 aliphatic heterocycles. The van der Waals surface area contributed by atoms with Crippen LogP contribution in [0, 0.1) is 0 Å². The maximum Gasteiger partial charge on any atom is 0.116 e. The van der Waals surface area contributed by atoms with E-state index in [1.54, 1.807) is 0 Å². The van der Waals surface area contributed by atoms with Gasteiger partial charge in [0, 0.05) is 8.06 Å². The molecule has 0 aromatic heterocycles. The molecule has 1 aromatic rings. The summed E-state index contributed by atoms with van der Waals surface area (Å²) in [6.07, 6.45) is 0.285. The van der Waals surface area contributed by atoms with E-state index >= 15 is 0 Å². The van der Waals surface area contributed by atoms with Crippen LogP contribution in [0.3, 0.4) is 0 Å². The van der Waals surface area contributed by atoms with Gasteiger partial charge in [-0.05, 0) is 35.1 Å². The van der Waals surface area contributed by atoms with Gasteiger partial charge in [-0.3, -0.25) is 0 Å². The first-order chi connectivity index (χ1) is 6.70. The average Bonchev–Trinajstić information content (AvgIpc) is 2.47. The Morgan fingerprint density at radius 1 is 1.29 bits per heavy atom. The lowest BCUT2D eigenvalue weighted by atomic mass is 10.1. The highest BCUT2D eigenvalue weighted by atomic mass is 127. The van der Waals surface area contributed by atoms with Crippen molar-refractivity contribution >= 4 is 38.5 Å². The molecule has 0 aliphatic carbocycles. The second-order valence-electron chi connectivity index (χ2n) is 3.26. The van der Waals surface area contributed by atoms with Gasteiger partial charge in [-0.15, -0.1) is 0 Å². The normalized spacial score (nSPS) is 27.1. The van der Waals surface area contributed by atoms with E-state index < -0.39 is 0 Å². The predicted octanol–water partition coefficient (Wildman–Crippen LogP) is 4.19. The fraction of sp³-hybridized carbons (Fsp3) is 0.273. The molecule has 0 spiro atoms. The number of ether oxygens (including phenoxy) is 1. The molecule has 0 N–H and O–H groups in total. The molecule has 2 unspecified atom stereocenters. The molecule has 1 heterocycles. The summed E-state index contributed by atoms with van der Waals surface area (Å²) in [4.78, 5) is 0. The zero-order chi connectivity index (χ0) is 10.1. The molecule has 2 atom stereocenters. The first-order valence-electron chi connectivity index (χ1n) is 4.45. The molecule has 1 aliphatic rings. The number of halogens is 2. The maximum absolute atomic E-state index is 5.84. The van der Waals surface area contributed by atoms with Gasteiger partial charge < -0.3 is 4.74 Å². The quantitative estimate of drug-likeness (QED) is 0.679. The molecule has 0 fully saturated rings. The van der Waals surface area contributed by atoms with Crippen LogP contribution in [-0.4, -0.2) is 6.10 Å². The summed E-state index contributed by atoms with van der Waals surface area (Å²) in [5, 5.41) is 0. The number of hydrogen-bond donors (Lipinski definition) is 0. The fourth-order valence-corrected chi connectivity index (χ4v) is 2.62. The van der Waals surface area contributed by atoms with Gasteiger partial charge in [0.15, 0.2) is 0 Å². The maximum atomic E-state index is 5.84. The third-order valence-electron chi connectivity index (χ3n) is 2.26. The molecular weight excluding hydrogens is 355 g/mol. The Labute approximate surface area is 106 Å². The van der Waals surface area contributed by atoms with Crippen molar-refractivity contribution in [1.82, 2.24) is 0 Å². The van der Waals surface area contributed by atoms with Crippen molar-refractivity contribution in [1.29, 1.82) is 0 Å². The molecule has 0 saturated carbocycles. The van der Waals surface area contributed by atoms with Crippen molar-refractivity contribution in [2.45, 2.75) is 19.1 Å². The molecule has 0 radical (unpaired) electrons. The third kappa shape index (κ3) is 1.90. The summed E-state index contributed by atoms with van der Waals surface area (Å²) in [6.45, 7) is 2.08. The lowest BCUT2D eigenvalue weighted by molar-refractivity contribution is 0.0698. The minimum atomic E-state index is 0.0816. The number of rotatable bonds is 1. The predicted molar refractivity (Wildman–Crippen MR) is 69.7 cm³/mol. The third-order valence-corrected chi connectivity index (χ3v) is 5.30. The number of benzene rings is 1. The minimum absolute atomic E-state index is 0.0816. The van der Waals surface area contributed by atoms with E-state index in [1.807, 2.05) is 18.2 Å². The molecule has 3 heteroatoms. The van der Waals surface area contributed by atoms with E-state index in [4.69, 9.17) is 4.74 Å². The smallest absolute Gasteiger partial charge is 0.116 e. The lowest BCUT2D eigenvalue weighted by Gasteiger charge is -2.12. The molecular formula is C11H10BrIO. The van der Waals surface area contributed by atoms with Gasteiger partial charge >= 0.3 is 0 Å². The Kier molecular flexibility index (Phi) is 3.29. The first-order valence-corrected chi connectivity index (χ1v) is 6.33. The van der Waals surface area contributed by atoms with Crippen LogP contribution in [0.15, 0.2) is 38.4 Å². The SMILES string of the molecule is CC1OC(c2ccccc2)C(Br)=C1I. The van der Waals surface area contributed by atoms with E-state index in [-0.39, 0.29) is 12.2 Å². The summed E-state index contributed by atoms with van der Waals surface area (Å²) in [7, 11) is 0. The van der Waals surface area contributed by atoms with E-state index in [0.29, 0.717) is 0 Å². The van der Waals surface area contributed by atoms with Crippen LogP contribution in [0.1, 0.15) is 18.6 Å². The highest BCUT2D eigenvalue weighted by molar-refractivity contribution is 14.1. The van der Waals surface area contributed by atoms with E-state index in [0.717, 1.165) is 4.48 Å². The van der Waals surface area contributed by atoms with Crippen molar-refractivity contribution < 1.29 is 4.74 Å². The van der Waals surface area contributed by atoms with E-state index in [2.05, 4.69) is 57.6 Å². The largest absolute Gasteiger partial charge is 0.360 e. The molecule has 0 saturated heterocycles. The van der Waals surface area contributed by atoms with Crippen LogP contribution in [0.5, 0.6) is 0 Å². The molecule has 1 aromatic carbocycles. The zero-order valence-electron chi connectivity index (χ0n) is 7.71. The second-order valence-corrected chi connectivity index (χ2v) is 5.28. The Hall–Kier alpha value is 0.130. The van der Waals surface area contributed by atoms with Gasteiger partial charge in [0.05, 0.1) is 6.10 Å². The summed E-state index contributed by atoms with van der Waals surface area (Å²) >= 11 is 5.93. The Bertz CT molecular complexity index is 361. The van der Waals surface area contributed by atoms with E-state index in [1.165, 1.54) is 9.14 Å². The summed E-state index contributed by atoms with van der Waals surface area (Å²) in [5.41, 5.74) is 1.21. The van der Waals surface area contributed by atoms with Gasteiger partial charge in [-0.2, -0.15) is 0 Å². The van der Waals surface area contributed by atoms with Gasteiger partial charge in [0.2, 0.25) is 0 Å². The molecule has 2 rings (SSSR count). The number of hydrogen-bond acceptors (Lipinski definition) is 1. The summed E-state index contributed by atoms with van der Waals surface area (Å²) in [5.74, 6) is 0. The minimum Gasteiger partial charge on any atom is -0.360 e. The molecule has 14 heavy (non-hydrogen) atoms. The van der Waals surface area contributed by atoms with Gasteiger partial charge in [0.25, 0.3) is 0 Å². The molecule has 1 nitrogen and oxygen atoms in total. The van der Waals surface area contributed by atoms with Crippen LogP contribution < -0.4 is 0 Å². The molecule has 0 bridgehead atoms. The highest BCUT2D eigenvalue weighted by Gasteiger charge is 2.29. The molecule has 74 valence electrons. The van der Waals surface area contributed by atoms with Gasteiger partial charge in [-0.25, -0.2) is 0 Å².